The van der Waals surface area contributed by atoms with Gasteiger partial charge in [-0.1, -0.05) is 26.8 Å². The van der Waals surface area contributed by atoms with Crippen molar-refractivity contribution in [3.05, 3.63) is 30.1 Å². The Labute approximate surface area is 185 Å². The van der Waals surface area contributed by atoms with E-state index in [0.29, 0.717) is 6.54 Å². The second-order valence-corrected chi connectivity index (χ2v) is 9.71. The summed E-state index contributed by atoms with van der Waals surface area (Å²) >= 11 is 0. The molecule has 7 nitrogen and oxygen atoms in total. The molecule has 1 heterocycles. The Morgan fingerprint density at radius 1 is 1.32 bits per heavy atom. The van der Waals surface area contributed by atoms with E-state index in [1.165, 1.54) is 7.11 Å². The molecule has 7 atom stereocenters. The summed E-state index contributed by atoms with van der Waals surface area (Å²) in [5, 5.41) is 17.5. The Kier molecular flexibility index (Phi) is 7.70. The van der Waals surface area contributed by atoms with Crippen LogP contribution in [0.5, 0.6) is 0 Å². The quantitative estimate of drug-likeness (QED) is 0.615. The summed E-state index contributed by atoms with van der Waals surface area (Å²) in [7, 11) is 1.51. The minimum atomic E-state index is -0.577. The lowest BCUT2D eigenvalue weighted by Crippen LogP contribution is -2.58. The Morgan fingerprint density at radius 2 is 2.06 bits per heavy atom. The zero-order chi connectivity index (χ0) is 22.6. The first kappa shape index (κ1) is 23.7. The van der Waals surface area contributed by atoms with E-state index in [1.807, 2.05) is 25.1 Å². The van der Waals surface area contributed by atoms with Crippen molar-refractivity contribution in [2.75, 3.05) is 13.7 Å². The number of ether oxygens (including phenoxy) is 1. The fourth-order valence-corrected chi connectivity index (χ4v) is 5.91. The van der Waals surface area contributed by atoms with Crippen molar-refractivity contribution in [3.8, 4) is 0 Å². The maximum atomic E-state index is 12.8. The first-order valence-corrected chi connectivity index (χ1v) is 11.4. The van der Waals surface area contributed by atoms with Crippen LogP contribution in [0.15, 0.2) is 24.4 Å². The topological polar surface area (TPSA) is 101 Å². The van der Waals surface area contributed by atoms with Gasteiger partial charge in [-0.25, -0.2) is 0 Å². The molecule has 172 valence electrons. The van der Waals surface area contributed by atoms with Gasteiger partial charge in [0.1, 0.15) is 6.61 Å². The van der Waals surface area contributed by atoms with Crippen LogP contribution in [0, 0.1) is 29.1 Å². The third-order valence-electron chi connectivity index (χ3n) is 7.74. The van der Waals surface area contributed by atoms with Crippen molar-refractivity contribution < 1.29 is 19.4 Å². The van der Waals surface area contributed by atoms with Crippen LogP contribution in [-0.4, -0.2) is 47.8 Å². The smallest absolute Gasteiger partial charge is 0.246 e. The Morgan fingerprint density at radius 3 is 2.74 bits per heavy atom. The van der Waals surface area contributed by atoms with Crippen LogP contribution in [0.3, 0.4) is 0 Å². The fourth-order valence-electron chi connectivity index (χ4n) is 5.91. The van der Waals surface area contributed by atoms with Gasteiger partial charge in [0.2, 0.25) is 11.8 Å². The number of nitrogens with zero attached hydrogens (tertiary/aromatic N) is 1. The van der Waals surface area contributed by atoms with Crippen molar-refractivity contribution in [2.24, 2.45) is 29.1 Å². The number of carbonyl (C=O) groups excluding carboxylic acids is 2. The van der Waals surface area contributed by atoms with E-state index in [0.717, 1.165) is 31.4 Å². The first-order valence-electron chi connectivity index (χ1n) is 11.4. The third-order valence-corrected chi connectivity index (χ3v) is 7.74. The minimum absolute atomic E-state index is 0.0161. The highest BCUT2D eigenvalue weighted by molar-refractivity contribution is 5.78. The predicted molar refractivity (Wildman–Crippen MR) is 118 cm³/mol. The van der Waals surface area contributed by atoms with Gasteiger partial charge in [0.05, 0.1) is 18.3 Å². The van der Waals surface area contributed by atoms with Crippen LogP contribution in [0.4, 0.5) is 0 Å². The molecule has 2 aliphatic rings. The summed E-state index contributed by atoms with van der Waals surface area (Å²) in [6.07, 6.45) is 4.82. The highest BCUT2D eigenvalue weighted by Crippen LogP contribution is 2.55. The zero-order valence-corrected chi connectivity index (χ0v) is 19.1. The molecule has 0 saturated heterocycles. The van der Waals surface area contributed by atoms with Gasteiger partial charge in [-0.05, 0) is 61.0 Å². The van der Waals surface area contributed by atoms with Crippen LogP contribution < -0.4 is 10.6 Å². The van der Waals surface area contributed by atoms with Gasteiger partial charge in [-0.3, -0.25) is 14.6 Å². The maximum absolute atomic E-state index is 12.8. The molecule has 2 aliphatic carbocycles. The number of aliphatic hydroxyl groups is 1. The molecule has 0 bridgehead atoms. The van der Waals surface area contributed by atoms with E-state index in [2.05, 4.69) is 29.5 Å². The molecular weight excluding hydrogens is 394 g/mol. The Balaban J connectivity index is 1.66. The molecule has 0 aromatic carbocycles. The molecule has 2 saturated carbocycles. The molecule has 1 aromatic heterocycles. The molecule has 0 unspecified atom stereocenters. The number of pyridine rings is 1. The molecule has 1 aromatic rings. The number of aromatic nitrogens is 1. The molecule has 7 heteroatoms. The lowest BCUT2D eigenvalue weighted by Gasteiger charge is -2.56. The van der Waals surface area contributed by atoms with E-state index >= 15 is 0 Å². The number of amides is 2. The van der Waals surface area contributed by atoms with E-state index in [-0.39, 0.29) is 53.5 Å². The molecular formula is C24H37N3O4. The molecule has 0 radical (unpaired) electrons. The zero-order valence-electron chi connectivity index (χ0n) is 19.1. The predicted octanol–water partition coefficient (Wildman–Crippen LogP) is 2.29. The average molecular weight is 432 g/mol. The van der Waals surface area contributed by atoms with Crippen LogP contribution >= 0.6 is 0 Å². The van der Waals surface area contributed by atoms with Gasteiger partial charge in [-0.15, -0.1) is 0 Å². The van der Waals surface area contributed by atoms with Crippen molar-refractivity contribution in [1.29, 1.82) is 0 Å². The highest BCUT2D eigenvalue weighted by Gasteiger charge is 2.53. The number of aliphatic hydroxyl groups excluding tert-OH is 1. The second-order valence-electron chi connectivity index (χ2n) is 9.71. The number of hydrogen-bond donors (Lipinski definition) is 3. The largest absolute Gasteiger partial charge is 0.392 e. The Bertz CT molecular complexity index is 758. The van der Waals surface area contributed by atoms with Crippen molar-refractivity contribution >= 4 is 11.8 Å². The number of nitrogens with one attached hydrogen (secondary N) is 2. The lowest BCUT2D eigenvalue weighted by atomic mass is 9.51. The monoisotopic (exact) mass is 431 g/mol. The molecule has 31 heavy (non-hydrogen) atoms. The molecule has 0 aliphatic heterocycles. The summed E-state index contributed by atoms with van der Waals surface area (Å²) in [5.74, 6) is -0.393. The molecule has 3 rings (SSSR count). The van der Waals surface area contributed by atoms with Crippen LogP contribution in [0.25, 0.3) is 0 Å². The van der Waals surface area contributed by atoms with Gasteiger partial charge in [0, 0.05) is 25.3 Å². The highest BCUT2D eigenvalue weighted by atomic mass is 16.5. The van der Waals surface area contributed by atoms with Gasteiger partial charge < -0.3 is 20.5 Å². The summed E-state index contributed by atoms with van der Waals surface area (Å²) in [6.45, 7) is 6.72. The maximum Gasteiger partial charge on any atom is 0.246 e. The van der Waals surface area contributed by atoms with Crippen LogP contribution in [0.2, 0.25) is 0 Å². The number of fused-ring (bicyclic) bond motifs is 1. The Hall–Kier alpha value is -1.99. The van der Waals surface area contributed by atoms with Gasteiger partial charge in [0.25, 0.3) is 0 Å². The van der Waals surface area contributed by atoms with E-state index in [4.69, 9.17) is 4.74 Å². The van der Waals surface area contributed by atoms with Gasteiger partial charge in [-0.2, -0.15) is 0 Å². The number of rotatable bonds is 7. The van der Waals surface area contributed by atoms with Crippen molar-refractivity contribution in [2.45, 2.75) is 65.1 Å². The van der Waals surface area contributed by atoms with Crippen LogP contribution in [0.1, 0.15) is 52.1 Å². The second kappa shape index (κ2) is 10.1. The SMILES string of the molecule is COCC(=O)N[C@H]1CC[C@]2(C)CC[C@@H]([C@H](C)C(=O)NCc3ccccn3)[C@H](O)[C@H]2[C@@H]1C. The van der Waals surface area contributed by atoms with Gasteiger partial charge >= 0.3 is 0 Å². The van der Waals surface area contributed by atoms with Gasteiger partial charge in [0.15, 0.2) is 0 Å². The minimum Gasteiger partial charge on any atom is -0.392 e. The lowest BCUT2D eigenvalue weighted by molar-refractivity contribution is -0.144. The van der Waals surface area contributed by atoms with Crippen molar-refractivity contribution in [1.82, 2.24) is 15.6 Å². The molecule has 2 fully saturated rings. The molecule has 2 amide bonds. The fraction of sp³-hybridized carbons (Fsp3) is 0.708. The van der Waals surface area contributed by atoms with E-state index in [1.54, 1.807) is 6.20 Å². The third kappa shape index (κ3) is 5.26. The molecule has 0 spiro atoms. The molecule has 3 N–H and O–H groups in total. The summed E-state index contributed by atoms with van der Waals surface area (Å²) in [5.41, 5.74) is 0.845. The van der Waals surface area contributed by atoms with Crippen molar-refractivity contribution in [3.63, 3.8) is 0 Å². The average Bonchev–Trinajstić information content (AvgIpc) is 2.75. The summed E-state index contributed by atoms with van der Waals surface area (Å²) in [4.78, 5) is 29.2. The summed E-state index contributed by atoms with van der Waals surface area (Å²) in [6, 6.07) is 5.64. The van der Waals surface area contributed by atoms with E-state index in [9.17, 15) is 14.7 Å². The first-order chi connectivity index (χ1) is 14.8. The number of carbonyl (C=O) groups is 2. The van der Waals surface area contributed by atoms with E-state index < -0.39 is 6.10 Å². The normalized spacial score (nSPS) is 33.8. The van der Waals surface area contributed by atoms with Crippen LogP contribution in [-0.2, 0) is 20.9 Å². The number of hydrogen-bond acceptors (Lipinski definition) is 5. The standard InChI is InChI=1S/C24H37N3O4/c1-15(23(30)26-13-17-7-5-6-12-25-17)18-8-10-24(3)11-9-19(27-20(28)14-31-4)16(2)21(24)22(18)29/h5-7,12,15-16,18-19,21-22,29H,8-11,13-14H2,1-4H3,(H,26,30)(H,27,28)/t15-,16+,18-,19-,21+,22-,24-/m0/s1. The summed E-state index contributed by atoms with van der Waals surface area (Å²) < 4.78 is 4.95. The number of methoxy groups -OCH3 is 1.